The summed E-state index contributed by atoms with van der Waals surface area (Å²) in [6.07, 6.45) is 2.24. The summed E-state index contributed by atoms with van der Waals surface area (Å²) >= 11 is 5.42. The Bertz CT molecular complexity index is 545. The quantitative estimate of drug-likeness (QED) is 0.727. The molecule has 20 heavy (non-hydrogen) atoms. The van der Waals surface area contributed by atoms with Gasteiger partial charge in [0.2, 0.25) is 0 Å². The number of hydrogen-bond donors (Lipinski definition) is 1. The van der Waals surface area contributed by atoms with Crippen LogP contribution in [0.15, 0.2) is 34.1 Å². The van der Waals surface area contributed by atoms with Crippen LogP contribution in [0, 0.1) is 6.92 Å². The predicted octanol–water partition coefficient (Wildman–Crippen LogP) is 5.47. The number of nitrogens with one attached hydrogen (secondary N) is 1. The molecule has 1 heterocycles. The van der Waals surface area contributed by atoms with Crippen molar-refractivity contribution in [2.45, 2.75) is 39.7 Å². The third-order valence-corrected chi connectivity index (χ3v) is 5.13. The number of thiophene rings is 1. The number of halogens is 1. The van der Waals surface area contributed by atoms with Crippen LogP contribution in [0.4, 0.5) is 0 Å². The maximum absolute atomic E-state index is 3.68. The highest BCUT2D eigenvalue weighted by Gasteiger charge is 2.17. The van der Waals surface area contributed by atoms with Crippen LogP contribution >= 0.6 is 27.3 Å². The molecule has 0 saturated heterocycles. The summed E-state index contributed by atoms with van der Waals surface area (Å²) in [5, 5.41) is 3.68. The highest BCUT2D eigenvalue weighted by Crippen LogP contribution is 2.33. The zero-order chi connectivity index (χ0) is 14.5. The van der Waals surface area contributed by atoms with Gasteiger partial charge in [-0.2, -0.15) is 0 Å². The lowest BCUT2D eigenvalue weighted by atomic mass is 9.97. The van der Waals surface area contributed by atoms with Crippen LogP contribution in [0.1, 0.15) is 47.9 Å². The monoisotopic (exact) mass is 351 g/mol. The van der Waals surface area contributed by atoms with E-state index < -0.39 is 0 Å². The molecule has 0 bridgehead atoms. The Morgan fingerprint density at radius 1 is 1.20 bits per heavy atom. The molecule has 0 aliphatic heterocycles. The molecule has 1 N–H and O–H groups in total. The van der Waals surface area contributed by atoms with Gasteiger partial charge in [0.15, 0.2) is 0 Å². The molecule has 108 valence electrons. The van der Waals surface area contributed by atoms with Crippen molar-refractivity contribution < 1.29 is 0 Å². The maximum atomic E-state index is 3.68. The number of benzene rings is 1. The number of rotatable bonds is 6. The van der Waals surface area contributed by atoms with E-state index in [-0.39, 0.29) is 0 Å². The van der Waals surface area contributed by atoms with Crippen LogP contribution in [0.5, 0.6) is 0 Å². The first-order chi connectivity index (χ1) is 9.65. The van der Waals surface area contributed by atoms with Crippen molar-refractivity contribution >= 4 is 27.3 Å². The second-order valence-electron chi connectivity index (χ2n) is 5.04. The zero-order valence-corrected chi connectivity index (χ0v) is 14.8. The molecule has 2 aromatic rings. The molecule has 0 spiro atoms. The van der Waals surface area contributed by atoms with Crippen molar-refractivity contribution in [3.05, 3.63) is 55.7 Å². The molecule has 1 unspecified atom stereocenters. The topological polar surface area (TPSA) is 12.0 Å². The zero-order valence-electron chi connectivity index (χ0n) is 12.4. The molecule has 1 atom stereocenters. The smallest absolute Gasteiger partial charge is 0.0704 e. The molecule has 0 aliphatic rings. The third kappa shape index (κ3) is 3.72. The third-order valence-electron chi connectivity index (χ3n) is 3.56. The van der Waals surface area contributed by atoms with Gasteiger partial charge in [-0.05, 0) is 65.0 Å². The summed E-state index contributed by atoms with van der Waals surface area (Å²) in [6, 6.07) is 11.6. The van der Waals surface area contributed by atoms with Crippen molar-refractivity contribution in [3.8, 4) is 0 Å². The molecule has 0 aliphatic carbocycles. The van der Waals surface area contributed by atoms with Gasteiger partial charge in [-0.3, -0.25) is 0 Å². The van der Waals surface area contributed by atoms with Crippen molar-refractivity contribution in [2.75, 3.05) is 6.54 Å². The molecule has 3 heteroatoms. The molecule has 0 radical (unpaired) electrons. The van der Waals surface area contributed by atoms with Crippen LogP contribution in [0.3, 0.4) is 0 Å². The van der Waals surface area contributed by atoms with Crippen LogP contribution in [-0.4, -0.2) is 6.54 Å². The Kier molecular flexibility index (Phi) is 5.82. The molecule has 1 aromatic carbocycles. The van der Waals surface area contributed by atoms with Gasteiger partial charge in [-0.1, -0.05) is 38.1 Å². The Balaban J connectivity index is 2.33. The first-order valence-electron chi connectivity index (χ1n) is 7.23. The highest BCUT2D eigenvalue weighted by molar-refractivity contribution is 9.11. The molecule has 1 aromatic heterocycles. The first kappa shape index (κ1) is 15.7. The van der Waals surface area contributed by atoms with Gasteiger partial charge in [0.25, 0.3) is 0 Å². The largest absolute Gasteiger partial charge is 0.306 e. The lowest BCUT2D eigenvalue weighted by molar-refractivity contribution is 0.598. The van der Waals surface area contributed by atoms with E-state index in [9.17, 15) is 0 Å². The predicted molar refractivity (Wildman–Crippen MR) is 92.7 cm³/mol. The van der Waals surface area contributed by atoms with Crippen LogP contribution < -0.4 is 5.32 Å². The van der Waals surface area contributed by atoms with E-state index in [4.69, 9.17) is 0 Å². The van der Waals surface area contributed by atoms with Gasteiger partial charge in [0.1, 0.15) is 0 Å². The standard InChI is InChI=1S/C17H22BrNS/c1-4-10-19-17(15-11-16(18)20-12(15)3)14-8-6-13(5-2)7-9-14/h6-9,11,17,19H,4-5,10H2,1-3H3. The minimum atomic E-state index is 0.295. The fourth-order valence-electron chi connectivity index (χ4n) is 2.39. The normalized spacial score (nSPS) is 12.6. The molecule has 1 nitrogen and oxygen atoms in total. The van der Waals surface area contributed by atoms with Gasteiger partial charge in [0.05, 0.1) is 9.83 Å². The average Bonchev–Trinajstić information content (AvgIpc) is 2.79. The Morgan fingerprint density at radius 2 is 1.90 bits per heavy atom. The van der Waals surface area contributed by atoms with E-state index in [2.05, 4.69) is 72.3 Å². The summed E-state index contributed by atoms with van der Waals surface area (Å²) in [6.45, 7) is 7.64. The average molecular weight is 352 g/mol. The summed E-state index contributed by atoms with van der Waals surface area (Å²) in [7, 11) is 0. The Labute approximate surface area is 134 Å². The molecular formula is C17H22BrNS. The number of hydrogen-bond acceptors (Lipinski definition) is 2. The fraction of sp³-hybridized carbons (Fsp3) is 0.412. The van der Waals surface area contributed by atoms with Crippen molar-refractivity contribution in [2.24, 2.45) is 0 Å². The van der Waals surface area contributed by atoms with E-state index in [1.807, 2.05) is 11.3 Å². The van der Waals surface area contributed by atoms with Crippen LogP contribution in [-0.2, 0) is 6.42 Å². The van der Waals surface area contributed by atoms with Crippen molar-refractivity contribution in [1.82, 2.24) is 5.32 Å². The molecule has 2 rings (SSSR count). The molecule has 0 fully saturated rings. The van der Waals surface area contributed by atoms with Gasteiger partial charge in [-0.15, -0.1) is 11.3 Å². The molecular weight excluding hydrogens is 330 g/mol. The summed E-state index contributed by atoms with van der Waals surface area (Å²) in [5.74, 6) is 0. The lowest BCUT2D eigenvalue weighted by Gasteiger charge is -2.19. The van der Waals surface area contributed by atoms with Crippen LogP contribution in [0.2, 0.25) is 0 Å². The highest BCUT2D eigenvalue weighted by atomic mass is 79.9. The van der Waals surface area contributed by atoms with E-state index in [0.717, 1.165) is 19.4 Å². The summed E-state index contributed by atoms with van der Waals surface area (Å²) in [5.41, 5.74) is 4.13. The van der Waals surface area contributed by atoms with Gasteiger partial charge in [0, 0.05) is 4.88 Å². The molecule has 0 amide bonds. The SMILES string of the molecule is CCCNC(c1ccc(CC)cc1)c1cc(Br)sc1C. The van der Waals surface area contributed by atoms with Crippen molar-refractivity contribution in [3.63, 3.8) is 0 Å². The first-order valence-corrected chi connectivity index (χ1v) is 8.84. The Morgan fingerprint density at radius 3 is 2.40 bits per heavy atom. The second-order valence-corrected chi connectivity index (χ2v) is 7.68. The maximum Gasteiger partial charge on any atom is 0.0704 e. The minimum Gasteiger partial charge on any atom is -0.306 e. The number of aryl methyl sites for hydroxylation is 2. The molecule has 0 saturated carbocycles. The summed E-state index contributed by atoms with van der Waals surface area (Å²) in [4.78, 5) is 1.38. The lowest BCUT2D eigenvalue weighted by Crippen LogP contribution is -2.23. The summed E-state index contributed by atoms with van der Waals surface area (Å²) < 4.78 is 1.21. The van der Waals surface area contributed by atoms with E-state index in [1.54, 1.807) is 0 Å². The Hall–Kier alpha value is -0.640. The van der Waals surface area contributed by atoms with Crippen LogP contribution in [0.25, 0.3) is 0 Å². The van der Waals surface area contributed by atoms with E-state index >= 15 is 0 Å². The fourth-order valence-corrected chi connectivity index (χ4v) is 4.14. The van der Waals surface area contributed by atoms with Gasteiger partial charge >= 0.3 is 0 Å². The van der Waals surface area contributed by atoms with Gasteiger partial charge < -0.3 is 5.32 Å². The van der Waals surface area contributed by atoms with E-state index in [0.29, 0.717) is 6.04 Å². The van der Waals surface area contributed by atoms with Crippen molar-refractivity contribution in [1.29, 1.82) is 0 Å². The minimum absolute atomic E-state index is 0.295. The van der Waals surface area contributed by atoms with E-state index in [1.165, 1.54) is 25.4 Å². The second kappa shape index (κ2) is 7.39. The van der Waals surface area contributed by atoms with Gasteiger partial charge in [-0.25, -0.2) is 0 Å².